The lowest BCUT2D eigenvalue weighted by molar-refractivity contribution is -0.301. The Morgan fingerprint density at radius 1 is 0.778 bits per heavy atom. The van der Waals surface area contributed by atoms with E-state index in [9.17, 15) is 0 Å². The summed E-state index contributed by atoms with van der Waals surface area (Å²) >= 11 is 0. The van der Waals surface area contributed by atoms with Gasteiger partial charge >= 0.3 is 0 Å². The van der Waals surface area contributed by atoms with Crippen molar-refractivity contribution >= 4 is 0 Å². The first-order valence-electron chi connectivity index (χ1n) is 11.5. The molecule has 0 aromatic heterocycles. The van der Waals surface area contributed by atoms with E-state index in [2.05, 4.69) is 51.1 Å². The molecule has 2 rings (SSSR count). The molecule has 0 N–H and O–H groups in total. The van der Waals surface area contributed by atoms with Gasteiger partial charge < -0.3 is 9.47 Å². The monoisotopic (exact) mass is 374 g/mol. The van der Waals surface area contributed by atoms with Gasteiger partial charge in [0.05, 0.1) is 12.2 Å². The molecule has 0 unspecified atom stereocenters. The van der Waals surface area contributed by atoms with Crippen molar-refractivity contribution in [1.82, 2.24) is 0 Å². The van der Waals surface area contributed by atoms with Crippen molar-refractivity contribution in [1.29, 1.82) is 0 Å². The molecule has 0 bridgehead atoms. The summed E-state index contributed by atoms with van der Waals surface area (Å²) in [5, 5.41) is 0. The van der Waals surface area contributed by atoms with Gasteiger partial charge in [-0.25, -0.2) is 0 Å². The fraction of sp³-hybridized carbons (Fsp3) is 0.760. The van der Waals surface area contributed by atoms with Crippen molar-refractivity contribution in [3.05, 3.63) is 35.9 Å². The topological polar surface area (TPSA) is 18.5 Å². The van der Waals surface area contributed by atoms with Crippen LogP contribution in [0.25, 0.3) is 0 Å². The highest BCUT2D eigenvalue weighted by Crippen LogP contribution is 2.31. The van der Waals surface area contributed by atoms with E-state index in [-0.39, 0.29) is 0 Å². The molecule has 2 heteroatoms. The molecule has 1 aliphatic heterocycles. The van der Waals surface area contributed by atoms with Gasteiger partial charge in [0.25, 0.3) is 0 Å². The number of aryl methyl sites for hydroxylation is 1. The van der Waals surface area contributed by atoms with Gasteiger partial charge in [-0.05, 0) is 38.7 Å². The third kappa shape index (κ3) is 9.76. The molecule has 0 aliphatic carbocycles. The highest BCUT2D eigenvalue weighted by atomic mass is 16.7. The molecular formula is C25H42O2. The van der Waals surface area contributed by atoms with Crippen LogP contribution in [0.5, 0.6) is 0 Å². The van der Waals surface area contributed by atoms with Crippen LogP contribution in [-0.2, 0) is 15.9 Å². The van der Waals surface area contributed by atoms with Gasteiger partial charge in [-0.1, -0.05) is 95.0 Å². The largest absolute Gasteiger partial charge is 0.347 e. The van der Waals surface area contributed by atoms with E-state index < -0.39 is 5.79 Å². The summed E-state index contributed by atoms with van der Waals surface area (Å²) in [4.78, 5) is 0. The van der Waals surface area contributed by atoms with Gasteiger partial charge in [-0.3, -0.25) is 0 Å². The summed E-state index contributed by atoms with van der Waals surface area (Å²) in [6.45, 7) is 6.43. The van der Waals surface area contributed by atoms with Crippen LogP contribution in [0.1, 0.15) is 103 Å². The van der Waals surface area contributed by atoms with E-state index >= 15 is 0 Å². The Bertz CT molecular complexity index is 482. The predicted molar refractivity (Wildman–Crippen MR) is 115 cm³/mol. The second-order valence-electron chi connectivity index (χ2n) is 8.76. The SMILES string of the molecule is CCCCCCCCCCC[C@@H]1C[C@@H](CCc2ccccc2)OC(C)(C)O1. The zero-order valence-electron chi connectivity index (χ0n) is 18.1. The molecule has 0 saturated carbocycles. The van der Waals surface area contributed by atoms with E-state index in [0.29, 0.717) is 12.2 Å². The molecule has 154 valence electrons. The highest BCUT2D eigenvalue weighted by Gasteiger charge is 2.34. The van der Waals surface area contributed by atoms with Gasteiger partial charge in [0, 0.05) is 6.42 Å². The second kappa shape index (κ2) is 12.6. The zero-order chi connectivity index (χ0) is 19.4. The van der Waals surface area contributed by atoms with Crippen molar-refractivity contribution < 1.29 is 9.47 Å². The fourth-order valence-electron chi connectivity index (χ4n) is 4.23. The van der Waals surface area contributed by atoms with Crippen LogP contribution in [0.4, 0.5) is 0 Å². The molecule has 1 saturated heterocycles. The van der Waals surface area contributed by atoms with Gasteiger partial charge in [0.2, 0.25) is 0 Å². The lowest BCUT2D eigenvalue weighted by Crippen LogP contribution is -2.44. The maximum Gasteiger partial charge on any atom is 0.163 e. The summed E-state index contributed by atoms with van der Waals surface area (Å²) in [6, 6.07) is 10.8. The van der Waals surface area contributed by atoms with Gasteiger partial charge in [-0.15, -0.1) is 0 Å². The second-order valence-corrected chi connectivity index (χ2v) is 8.76. The first kappa shape index (κ1) is 22.4. The number of rotatable bonds is 13. The number of hydrogen-bond acceptors (Lipinski definition) is 2. The molecular weight excluding hydrogens is 332 g/mol. The van der Waals surface area contributed by atoms with Crippen LogP contribution < -0.4 is 0 Å². The number of ether oxygens (including phenoxy) is 2. The average molecular weight is 375 g/mol. The molecule has 0 spiro atoms. The predicted octanol–water partition coefficient (Wildman–Crippen LogP) is 7.45. The summed E-state index contributed by atoms with van der Waals surface area (Å²) in [7, 11) is 0. The lowest BCUT2D eigenvalue weighted by Gasteiger charge is -2.41. The van der Waals surface area contributed by atoms with E-state index in [1.165, 1.54) is 69.8 Å². The van der Waals surface area contributed by atoms with Gasteiger partial charge in [0.15, 0.2) is 5.79 Å². The average Bonchev–Trinajstić information content (AvgIpc) is 2.65. The Balaban J connectivity index is 1.61. The van der Waals surface area contributed by atoms with Crippen LogP contribution in [0.3, 0.4) is 0 Å². The number of hydrogen-bond donors (Lipinski definition) is 0. The summed E-state index contributed by atoms with van der Waals surface area (Å²) in [6.07, 6.45) is 17.5. The fourth-order valence-corrected chi connectivity index (χ4v) is 4.23. The first-order valence-corrected chi connectivity index (χ1v) is 11.5. The molecule has 1 heterocycles. The van der Waals surface area contributed by atoms with Gasteiger partial charge in [0.1, 0.15) is 0 Å². The van der Waals surface area contributed by atoms with Gasteiger partial charge in [-0.2, -0.15) is 0 Å². The highest BCUT2D eigenvalue weighted by molar-refractivity contribution is 5.14. The molecule has 2 nitrogen and oxygen atoms in total. The molecule has 1 aromatic carbocycles. The Labute approximate surface area is 168 Å². The number of benzene rings is 1. The summed E-state index contributed by atoms with van der Waals surface area (Å²) < 4.78 is 12.4. The molecule has 0 radical (unpaired) electrons. The van der Waals surface area contributed by atoms with E-state index in [0.717, 1.165) is 19.3 Å². The molecule has 1 aromatic rings. The van der Waals surface area contributed by atoms with Crippen LogP contribution in [0.15, 0.2) is 30.3 Å². The Kier molecular flexibility index (Phi) is 10.4. The number of unbranched alkanes of at least 4 members (excludes halogenated alkanes) is 8. The summed E-state index contributed by atoms with van der Waals surface area (Å²) in [5.41, 5.74) is 1.40. The van der Waals surface area contributed by atoms with Crippen molar-refractivity contribution in [2.24, 2.45) is 0 Å². The van der Waals surface area contributed by atoms with Crippen LogP contribution in [0.2, 0.25) is 0 Å². The maximum absolute atomic E-state index is 6.21. The zero-order valence-corrected chi connectivity index (χ0v) is 18.1. The van der Waals surface area contributed by atoms with Crippen molar-refractivity contribution in [3.8, 4) is 0 Å². The molecule has 0 amide bonds. The third-order valence-corrected chi connectivity index (χ3v) is 5.65. The quantitative estimate of drug-likeness (QED) is 0.334. The van der Waals surface area contributed by atoms with E-state index in [1.807, 2.05) is 0 Å². The minimum absolute atomic E-state index is 0.317. The Morgan fingerprint density at radius 3 is 1.96 bits per heavy atom. The van der Waals surface area contributed by atoms with E-state index in [1.54, 1.807) is 0 Å². The van der Waals surface area contributed by atoms with Crippen LogP contribution in [-0.4, -0.2) is 18.0 Å². The third-order valence-electron chi connectivity index (χ3n) is 5.65. The van der Waals surface area contributed by atoms with Crippen LogP contribution >= 0.6 is 0 Å². The standard InChI is InChI=1S/C25H42O2/c1-4-5-6-7-8-9-10-11-15-18-23-21-24(27-25(2,3)26-23)20-19-22-16-13-12-14-17-22/h12-14,16-17,23-24H,4-11,15,18-21H2,1-3H3/t23-,24-/m1/s1. The van der Waals surface area contributed by atoms with Crippen LogP contribution in [0, 0.1) is 0 Å². The minimum Gasteiger partial charge on any atom is -0.347 e. The maximum atomic E-state index is 6.21. The van der Waals surface area contributed by atoms with Crippen molar-refractivity contribution in [2.45, 2.75) is 122 Å². The molecule has 2 atom stereocenters. The molecule has 1 fully saturated rings. The Hall–Kier alpha value is -0.860. The summed E-state index contributed by atoms with van der Waals surface area (Å²) in [5.74, 6) is -0.441. The minimum atomic E-state index is -0.441. The lowest BCUT2D eigenvalue weighted by atomic mass is 9.97. The molecule has 1 aliphatic rings. The normalized spacial score (nSPS) is 22.0. The Morgan fingerprint density at radius 2 is 1.33 bits per heavy atom. The molecule has 27 heavy (non-hydrogen) atoms. The van der Waals surface area contributed by atoms with Crippen molar-refractivity contribution in [2.75, 3.05) is 0 Å². The van der Waals surface area contributed by atoms with E-state index in [4.69, 9.17) is 9.47 Å². The smallest absolute Gasteiger partial charge is 0.163 e. The first-order chi connectivity index (χ1) is 13.1. The van der Waals surface area contributed by atoms with Crippen molar-refractivity contribution in [3.63, 3.8) is 0 Å².